The summed E-state index contributed by atoms with van der Waals surface area (Å²) >= 11 is 0. The molecule has 23 heavy (non-hydrogen) atoms. The normalized spacial score (nSPS) is 18.0. The Labute approximate surface area is 143 Å². The minimum absolute atomic E-state index is 0.238. The van der Waals surface area contributed by atoms with Crippen LogP contribution in [-0.4, -0.2) is 19.9 Å². The number of sulfone groups is 1. The molecule has 0 unspecified atom stereocenters. The molecular formula is C20H32O2S. The third-order valence-corrected chi connectivity index (χ3v) is 5.60. The molecule has 0 radical (unpaired) electrons. The highest BCUT2D eigenvalue weighted by Gasteiger charge is 2.18. The van der Waals surface area contributed by atoms with E-state index in [2.05, 4.69) is 45.9 Å². The lowest BCUT2D eigenvalue weighted by Crippen LogP contribution is -2.02. The second-order valence-electron chi connectivity index (χ2n) is 6.92. The first kappa shape index (κ1) is 20.0. The summed E-state index contributed by atoms with van der Waals surface area (Å²) in [5.74, 6) is 0.509. The molecule has 0 spiro atoms. The van der Waals surface area contributed by atoms with Crippen molar-refractivity contribution in [3.8, 4) is 0 Å². The molecule has 0 fully saturated rings. The zero-order chi connectivity index (χ0) is 17.3. The van der Waals surface area contributed by atoms with Gasteiger partial charge in [-0.2, -0.15) is 0 Å². The summed E-state index contributed by atoms with van der Waals surface area (Å²) in [6.07, 6.45) is 15.1. The Morgan fingerprint density at radius 3 is 2.04 bits per heavy atom. The summed E-state index contributed by atoms with van der Waals surface area (Å²) in [6, 6.07) is 0. The Bertz CT molecular complexity index is 598. The minimum atomic E-state index is -2.81. The van der Waals surface area contributed by atoms with E-state index in [9.17, 15) is 8.42 Å². The smallest absolute Gasteiger partial charge is 0.157 e. The van der Waals surface area contributed by atoms with Crippen molar-refractivity contribution in [2.45, 2.75) is 66.2 Å². The Morgan fingerprint density at radius 1 is 0.957 bits per heavy atom. The molecule has 0 aromatic heterocycles. The molecule has 1 rings (SSSR count). The van der Waals surface area contributed by atoms with Gasteiger partial charge in [0.05, 0.1) is 11.5 Å². The molecule has 0 saturated carbocycles. The second kappa shape index (κ2) is 9.92. The van der Waals surface area contributed by atoms with Gasteiger partial charge in [-0.15, -0.1) is 0 Å². The van der Waals surface area contributed by atoms with Crippen LogP contribution in [0.2, 0.25) is 0 Å². The van der Waals surface area contributed by atoms with E-state index in [4.69, 9.17) is 0 Å². The summed E-state index contributed by atoms with van der Waals surface area (Å²) in [5, 5.41) is 0. The lowest BCUT2D eigenvalue weighted by molar-refractivity contribution is 0.602. The van der Waals surface area contributed by atoms with E-state index in [1.54, 1.807) is 0 Å². The molecule has 2 nitrogen and oxygen atoms in total. The van der Waals surface area contributed by atoms with Crippen LogP contribution < -0.4 is 0 Å². The highest BCUT2D eigenvalue weighted by atomic mass is 32.2. The molecule has 0 amide bonds. The van der Waals surface area contributed by atoms with Crippen molar-refractivity contribution in [2.75, 3.05) is 11.5 Å². The Morgan fingerprint density at radius 2 is 1.52 bits per heavy atom. The van der Waals surface area contributed by atoms with E-state index in [0.717, 1.165) is 44.1 Å². The van der Waals surface area contributed by atoms with E-state index in [-0.39, 0.29) is 11.5 Å². The molecule has 0 aromatic rings. The van der Waals surface area contributed by atoms with Gasteiger partial charge >= 0.3 is 0 Å². The summed E-state index contributed by atoms with van der Waals surface area (Å²) < 4.78 is 22.8. The van der Waals surface area contributed by atoms with Crippen molar-refractivity contribution >= 4 is 9.84 Å². The van der Waals surface area contributed by atoms with Gasteiger partial charge in [0.15, 0.2) is 9.84 Å². The van der Waals surface area contributed by atoms with Crippen molar-refractivity contribution in [1.29, 1.82) is 0 Å². The van der Waals surface area contributed by atoms with Gasteiger partial charge in [0.1, 0.15) is 0 Å². The van der Waals surface area contributed by atoms with E-state index in [0.29, 0.717) is 0 Å². The second-order valence-corrected chi connectivity index (χ2v) is 9.02. The summed E-state index contributed by atoms with van der Waals surface area (Å²) in [6.45, 7) is 8.67. The van der Waals surface area contributed by atoms with Gasteiger partial charge in [-0.1, -0.05) is 46.6 Å². The van der Waals surface area contributed by atoms with Crippen LogP contribution in [0, 0.1) is 0 Å². The monoisotopic (exact) mass is 336 g/mol. The maximum atomic E-state index is 11.4. The first-order chi connectivity index (χ1) is 10.8. The highest BCUT2D eigenvalue weighted by Crippen LogP contribution is 2.18. The molecule has 0 bridgehead atoms. The zero-order valence-corrected chi connectivity index (χ0v) is 16.0. The standard InChI is InChI=1S/C20H32O2S/c1-17(2)8-5-9-18(3)10-6-11-19(4)12-7-13-20-14-15-23(21,22)16-20/h8,10,12,14H,5-7,9,11,13,15-16H2,1-4H3/b18-10+,19-12+. The fourth-order valence-electron chi connectivity index (χ4n) is 2.66. The van der Waals surface area contributed by atoms with Crippen LogP contribution in [0.4, 0.5) is 0 Å². The molecule has 1 heterocycles. The predicted octanol–water partition coefficient (Wildman–Crippen LogP) is 5.54. The van der Waals surface area contributed by atoms with Crippen LogP contribution in [0.3, 0.4) is 0 Å². The van der Waals surface area contributed by atoms with Crippen LogP contribution in [0.15, 0.2) is 46.6 Å². The van der Waals surface area contributed by atoms with Crippen molar-refractivity contribution < 1.29 is 8.42 Å². The van der Waals surface area contributed by atoms with Gasteiger partial charge in [-0.25, -0.2) is 8.42 Å². The van der Waals surface area contributed by atoms with E-state index < -0.39 is 9.84 Å². The SMILES string of the molecule is CC(C)=CCC/C(C)=C/CC/C(C)=C/CCC1=CCS(=O)(=O)C1. The maximum Gasteiger partial charge on any atom is 0.157 e. The molecule has 0 aromatic carbocycles. The Balaban J connectivity index is 2.23. The molecule has 3 heteroatoms. The molecule has 1 aliphatic heterocycles. The lowest BCUT2D eigenvalue weighted by Gasteiger charge is -2.02. The van der Waals surface area contributed by atoms with Crippen molar-refractivity contribution in [1.82, 2.24) is 0 Å². The fourth-order valence-corrected chi connectivity index (χ4v) is 4.10. The molecular weight excluding hydrogens is 304 g/mol. The Kier molecular flexibility index (Phi) is 8.60. The largest absolute Gasteiger partial charge is 0.228 e. The van der Waals surface area contributed by atoms with Crippen LogP contribution in [0.1, 0.15) is 66.2 Å². The van der Waals surface area contributed by atoms with Crippen LogP contribution in [0.5, 0.6) is 0 Å². The third-order valence-electron chi connectivity index (χ3n) is 4.11. The highest BCUT2D eigenvalue weighted by molar-refractivity contribution is 7.92. The number of rotatable bonds is 9. The topological polar surface area (TPSA) is 34.1 Å². The van der Waals surface area contributed by atoms with Gasteiger partial charge in [-0.3, -0.25) is 0 Å². The van der Waals surface area contributed by atoms with Crippen LogP contribution in [0.25, 0.3) is 0 Å². The van der Waals surface area contributed by atoms with E-state index in [1.165, 1.54) is 16.7 Å². The summed E-state index contributed by atoms with van der Waals surface area (Å²) in [4.78, 5) is 0. The summed E-state index contributed by atoms with van der Waals surface area (Å²) in [5.41, 5.74) is 5.35. The molecule has 0 saturated heterocycles. The number of hydrogen-bond donors (Lipinski definition) is 0. The fraction of sp³-hybridized carbons (Fsp3) is 0.600. The van der Waals surface area contributed by atoms with Gasteiger partial charge in [0, 0.05) is 0 Å². The van der Waals surface area contributed by atoms with Crippen molar-refractivity contribution in [3.05, 3.63) is 46.6 Å². The molecule has 0 N–H and O–H groups in total. The quantitative estimate of drug-likeness (QED) is 0.518. The van der Waals surface area contributed by atoms with Gasteiger partial charge in [0.2, 0.25) is 0 Å². The molecule has 0 atom stereocenters. The predicted molar refractivity (Wildman–Crippen MR) is 101 cm³/mol. The third kappa shape index (κ3) is 9.60. The molecule has 130 valence electrons. The van der Waals surface area contributed by atoms with Gasteiger partial charge < -0.3 is 0 Å². The average molecular weight is 337 g/mol. The van der Waals surface area contributed by atoms with E-state index in [1.807, 2.05) is 6.08 Å². The van der Waals surface area contributed by atoms with Crippen LogP contribution in [-0.2, 0) is 9.84 Å². The molecule has 0 aliphatic carbocycles. The number of allylic oxidation sites excluding steroid dienone is 6. The number of hydrogen-bond acceptors (Lipinski definition) is 2. The zero-order valence-electron chi connectivity index (χ0n) is 15.2. The van der Waals surface area contributed by atoms with E-state index >= 15 is 0 Å². The Hall–Kier alpha value is -1.09. The lowest BCUT2D eigenvalue weighted by atomic mass is 10.0. The average Bonchev–Trinajstić information content (AvgIpc) is 2.78. The summed E-state index contributed by atoms with van der Waals surface area (Å²) in [7, 11) is -2.81. The first-order valence-corrected chi connectivity index (χ1v) is 10.4. The first-order valence-electron chi connectivity index (χ1n) is 8.61. The van der Waals surface area contributed by atoms with Gasteiger partial charge in [0.25, 0.3) is 0 Å². The van der Waals surface area contributed by atoms with Gasteiger partial charge in [-0.05, 0) is 66.2 Å². The minimum Gasteiger partial charge on any atom is -0.228 e. The van der Waals surface area contributed by atoms with Crippen molar-refractivity contribution in [3.63, 3.8) is 0 Å². The molecule has 1 aliphatic rings. The van der Waals surface area contributed by atoms with Crippen LogP contribution >= 0.6 is 0 Å². The maximum absolute atomic E-state index is 11.4. The van der Waals surface area contributed by atoms with Crippen molar-refractivity contribution in [2.24, 2.45) is 0 Å².